The molecule has 0 saturated carbocycles. The van der Waals surface area contributed by atoms with Crippen LogP contribution in [0.25, 0.3) is 0 Å². The van der Waals surface area contributed by atoms with E-state index in [0.29, 0.717) is 38.9 Å². The summed E-state index contributed by atoms with van der Waals surface area (Å²) in [7, 11) is 0. The van der Waals surface area contributed by atoms with Crippen LogP contribution in [0.15, 0.2) is 72.8 Å². The summed E-state index contributed by atoms with van der Waals surface area (Å²) in [6.45, 7) is 7.23. The van der Waals surface area contributed by atoms with E-state index < -0.39 is 29.1 Å². The molecule has 4 aliphatic rings. The molecule has 232 valence electrons. The topological polar surface area (TPSA) is 90.4 Å². The highest BCUT2D eigenvalue weighted by Gasteiger charge is 2.75. The fraction of sp³-hybridized carbons (Fsp3) is 0.472. The van der Waals surface area contributed by atoms with E-state index in [0.717, 1.165) is 35.3 Å². The van der Waals surface area contributed by atoms with Crippen LogP contribution in [0.4, 0.5) is 11.4 Å². The molecule has 2 aromatic carbocycles. The van der Waals surface area contributed by atoms with Gasteiger partial charge in [0.25, 0.3) is 5.91 Å². The second-order valence-electron chi connectivity index (χ2n) is 12.6. The molecule has 0 aliphatic carbocycles. The van der Waals surface area contributed by atoms with Gasteiger partial charge in [0, 0.05) is 37.6 Å². The molecule has 0 bridgehead atoms. The number of benzene rings is 2. The van der Waals surface area contributed by atoms with Gasteiger partial charge in [-0.15, -0.1) is 0 Å². The van der Waals surface area contributed by atoms with Crippen LogP contribution in [0, 0.1) is 25.7 Å². The van der Waals surface area contributed by atoms with Gasteiger partial charge in [0.15, 0.2) is 0 Å². The Morgan fingerprint density at radius 1 is 0.795 bits per heavy atom. The van der Waals surface area contributed by atoms with Gasteiger partial charge in [-0.3, -0.25) is 14.4 Å². The molecule has 2 fully saturated rings. The SMILES string of the molecule is CC[C@]12C=CCN(c3ccccc3)C(=O)[C@H]1[C@H]1C(=O)N(CCCCCCO)C3C(=O)N(c4c(C)cccc4C)CC=C[C@@]31O2. The standard InChI is InChI=1S/C36H43N3O5/c1-4-35-19-13-22-37(27-17-8-7-9-18-27)32(41)28(35)29-33(42)39(21-10-5-6-11-24-40)31-34(43)38(23-14-20-36(29,31)44-35)30-25(2)15-12-16-26(30)3/h7-9,12-20,28-29,31,40H,4-6,10-11,21-24H2,1-3H3/t28-,29+,31?,35+,36+/m1/s1. The highest BCUT2D eigenvalue weighted by molar-refractivity contribution is 6.08. The molecule has 3 amide bonds. The number of aliphatic hydroxyl groups is 1. The van der Waals surface area contributed by atoms with Crippen LogP contribution in [-0.2, 0) is 19.1 Å². The van der Waals surface area contributed by atoms with Crippen LogP contribution < -0.4 is 9.80 Å². The number of fused-ring (bicyclic) bond motifs is 2. The van der Waals surface area contributed by atoms with Gasteiger partial charge in [-0.25, -0.2) is 0 Å². The number of amides is 3. The van der Waals surface area contributed by atoms with Crippen molar-refractivity contribution in [3.05, 3.63) is 84.0 Å². The van der Waals surface area contributed by atoms with Gasteiger partial charge >= 0.3 is 0 Å². The Bertz CT molecular complexity index is 1470. The minimum absolute atomic E-state index is 0.132. The van der Waals surface area contributed by atoms with Gasteiger partial charge in [-0.1, -0.05) is 80.5 Å². The minimum Gasteiger partial charge on any atom is -0.396 e. The molecular formula is C36H43N3O5. The molecule has 6 rings (SSSR count). The van der Waals surface area contributed by atoms with Crippen molar-refractivity contribution < 1.29 is 24.2 Å². The van der Waals surface area contributed by atoms with Crippen molar-refractivity contribution in [3.63, 3.8) is 0 Å². The van der Waals surface area contributed by atoms with Crippen LogP contribution >= 0.6 is 0 Å². The number of unbranched alkanes of at least 4 members (excludes halogenated alkanes) is 3. The zero-order chi connectivity index (χ0) is 31.1. The number of aliphatic hydroxyl groups excluding tert-OH is 1. The highest BCUT2D eigenvalue weighted by atomic mass is 16.5. The molecule has 8 nitrogen and oxygen atoms in total. The maximum atomic E-state index is 14.9. The van der Waals surface area contributed by atoms with E-state index in [4.69, 9.17) is 4.74 Å². The number of hydrogen-bond acceptors (Lipinski definition) is 5. The second kappa shape index (κ2) is 12.0. The molecule has 1 N–H and O–H groups in total. The fourth-order valence-corrected chi connectivity index (χ4v) is 8.02. The lowest BCUT2D eigenvalue weighted by Crippen LogP contribution is -2.56. The van der Waals surface area contributed by atoms with Crippen molar-refractivity contribution in [2.24, 2.45) is 11.8 Å². The van der Waals surface area contributed by atoms with Gasteiger partial charge in [-0.2, -0.15) is 0 Å². The van der Waals surface area contributed by atoms with Crippen LogP contribution in [-0.4, -0.2) is 71.2 Å². The Labute approximate surface area is 260 Å². The first kappa shape index (κ1) is 30.3. The lowest BCUT2D eigenvalue weighted by atomic mass is 9.73. The first-order valence-corrected chi connectivity index (χ1v) is 16.0. The zero-order valence-corrected chi connectivity index (χ0v) is 25.9. The third-order valence-electron chi connectivity index (χ3n) is 10.0. The summed E-state index contributed by atoms with van der Waals surface area (Å²) in [5.74, 6) is -2.17. The predicted octanol–water partition coefficient (Wildman–Crippen LogP) is 4.72. The number of aryl methyl sites for hydroxylation is 2. The number of carbonyl (C=O) groups excluding carboxylic acids is 3. The molecule has 0 radical (unpaired) electrons. The molecule has 1 unspecified atom stereocenters. The number of carbonyl (C=O) groups is 3. The van der Waals surface area contributed by atoms with Crippen LogP contribution in [0.5, 0.6) is 0 Å². The summed E-state index contributed by atoms with van der Waals surface area (Å²) in [6.07, 6.45) is 11.4. The summed E-state index contributed by atoms with van der Waals surface area (Å²) in [5.41, 5.74) is 1.28. The first-order chi connectivity index (χ1) is 21.3. The number of para-hydroxylation sites is 2. The number of likely N-dealkylation sites (tertiary alicyclic amines) is 1. The number of anilines is 2. The quantitative estimate of drug-likeness (QED) is 0.334. The summed E-state index contributed by atoms with van der Waals surface area (Å²) >= 11 is 0. The lowest BCUT2D eigenvalue weighted by molar-refractivity contribution is -0.145. The number of ether oxygens (including phenoxy) is 1. The fourth-order valence-electron chi connectivity index (χ4n) is 8.02. The Morgan fingerprint density at radius 3 is 2.18 bits per heavy atom. The van der Waals surface area contributed by atoms with E-state index in [9.17, 15) is 19.5 Å². The van der Waals surface area contributed by atoms with Gasteiger partial charge in [0.2, 0.25) is 11.8 Å². The van der Waals surface area contributed by atoms with Crippen molar-refractivity contribution in [2.75, 3.05) is 36.0 Å². The van der Waals surface area contributed by atoms with E-state index >= 15 is 0 Å². The lowest BCUT2D eigenvalue weighted by Gasteiger charge is -2.39. The van der Waals surface area contributed by atoms with E-state index in [1.165, 1.54) is 0 Å². The van der Waals surface area contributed by atoms with E-state index in [2.05, 4.69) is 0 Å². The zero-order valence-electron chi connectivity index (χ0n) is 25.9. The van der Waals surface area contributed by atoms with E-state index in [-0.39, 0.29) is 24.3 Å². The Morgan fingerprint density at radius 2 is 1.48 bits per heavy atom. The van der Waals surface area contributed by atoms with E-state index in [1.807, 2.05) is 93.6 Å². The first-order valence-electron chi connectivity index (χ1n) is 16.0. The second-order valence-corrected chi connectivity index (χ2v) is 12.6. The molecule has 44 heavy (non-hydrogen) atoms. The third kappa shape index (κ3) is 4.70. The number of hydrogen-bond donors (Lipinski definition) is 1. The van der Waals surface area contributed by atoms with Crippen molar-refractivity contribution in [3.8, 4) is 0 Å². The molecule has 2 saturated heterocycles. The average Bonchev–Trinajstić information content (AvgIpc) is 3.30. The molecule has 2 aromatic rings. The highest BCUT2D eigenvalue weighted by Crippen LogP contribution is 2.59. The van der Waals surface area contributed by atoms with Gasteiger partial charge in [0.05, 0.1) is 17.4 Å². The van der Waals surface area contributed by atoms with Crippen molar-refractivity contribution >= 4 is 29.1 Å². The molecule has 0 aromatic heterocycles. The molecule has 5 atom stereocenters. The van der Waals surface area contributed by atoms with Crippen molar-refractivity contribution in [1.82, 2.24) is 4.90 Å². The van der Waals surface area contributed by atoms with Crippen LogP contribution in [0.1, 0.15) is 50.2 Å². The number of nitrogens with zero attached hydrogens (tertiary/aromatic N) is 3. The molecule has 4 aliphatic heterocycles. The van der Waals surface area contributed by atoms with Gasteiger partial charge in [-0.05, 0) is 56.4 Å². The molecular weight excluding hydrogens is 554 g/mol. The van der Waals surface area contributed by atoms with Gasteiger partial charge < -0.3 is 24.5 Å². The summed E-state index contributed by atoms with van der Waals surface area (Å²) in [5, 5.41) is 9.26. The average molecular weight is 598 g/mol. The predicted molar refractivity (Wildman–Crippen MR) is 170 cm³/mol. The summed E-state index contributed by atoms with van der Waals surface area (Å²) in [4.78, 5) is 49.4. The Balaban J connectivity index is 1.46. The maximum absolute atomic E-state index is 14.9. The van der Waals surface area contributed by atoms with Gasteiger partial charge in [0.1, 0.15) is 11.6 Å². The summed E-state index contributed by atoms with van der Waals surface area (Å²) in [6, 6.07) is 14.6. The molecule has 1 spiro atoms. The Hall–Kier alpha value is -3.75. The van der Waals surface area contributed by atoms with Crippen LogP contribution in [0.3, 0.4) is 0 Å². The molecule has 4 heterocycles. The maximum Gasteiger partial charge on any atom is 0.253 e. The van der Waals surface area contributed by atoms with Crippen LogP contribution in [0.2, 0.25) is 0 Å². The normalized spacial score (nSPS) is 29.5. The monoisotopic (exact) mass is 597 g/mol. The molecule has 8 heteroatoms. The summed E-state index contributed by atoms with van der Waals surface area (Å²) < 4.78 is 7.13. The third-order valence-corrected chi connectivity index (χ3v) is 10.0. The largest absolute Gasteiger partial charge is 0.396 e. The number of rotatable bonds is 9. The Kier molecular flexibility index (Phi) is 8.24. The minimum atomic E-state index is -1.29. The van der Waals surface area contributed by atoms with Crippen molar-refractivity contribution in [1.29, 1.82) is 0 Å². The smallest absolute Gasteiger partial charge is 0.253 e. The van der Waals surface area contributed by atoms with E-state index in [1.54, 1.807) is 14.7 Å². The van der Waals surface area contributed by atoms with Crippen molar-refractivity contribution in [2.45, 2.75) is 70.1 Å².